The fourth-order valence-electron chi connectivity index (χ4n) is 1.45. The third-order valence-electron chi connectivity index (χ3n) is 2.30. The van der Waals surface area contributed by atoms with Crippen molar-refractivity contribution in [1.29, 1.82) is 0 Å². The van der Waals surface area contributed by atoms with Crippen molar-refractivity contribution in [1.82, 2.24) is 9.88 Å². The number of aromatic nitrogens is 1. The van der Waals surface area contributed by atoms with Gasteiger partial charge in [0.05, 0.1) is 6.54 Å². The van der Waals surface area contributed by atoms with Crippen molar-refractivity contribution < 1.29 is 18.7 Å². The van der Waals surface area contributed by atoms with E-state index < -0.39 is 25.0 Å². The van der Waals surface area contributed by atoms with Gasteiger partial charge in [-0.15, -0.1) is 0 Å². The molecule has 1 aromatic rings. The lowest BCUT2D eigenvalue weighted by molar-refractivity contribution is -0.0462. The molecule has 1 amide bonds. The van der Waals surface area contributed by atoms with E-state index in [1.165, 1.54) is 0 Å². The number of hydrogen-bond acceptors (Lipinski definition) is 2. The van der Waals surface area contributed by atoms with Gasteiger partial charge in [0.1, 0.15) is 12.3 Å². The Hall–Kier alpha value is -0.950. The number of aliphatic hydroxyl groups is 1. The number of halogens is 3. The van der Waals surface area contributed by atoms with Crippen molar-refractivity contribution in [3.63, 3.8) is 0 Å². The Balaban J connectivity index is 2.72. The summed E-state index contributed by atoms with van der Waals surface area (Å²) in [7, 11) is 0. The maximum absolute atomic E-state index is 12.8. The summed E-state index contributed by atoms with van der Waals surface area (Å²) in [6, 6.07) is 1.57. The molecule has 0 aromatic carbocycles. The molecule has 0 aliphatic carbocycles. The summed E-state index contributed by atoms with van der Waals surface area (Å²) in [5, 5.41) is 10.5. The van der Waals surface area contributed by atoms with Crippen LogP contribution < -0.4 is 5.32 Å². The zero-order valence-corrected chi connectivity index (χ0v) is 11.5. The topological polar surface area (TPSA) is 54.3 Å². The van der Waals surface area contributed by atoms with Gasteiger partial charge in [-0.3, -0.25) is 4.79 Å². The molecule has 0 aliphatic heterocycles. The molecule has 0 bridgehead atoms. The second kappa shape index (κ2) is 6.29. The van der Waals surface area contributed by atoms with E-state index in [0.29, 0.717) is 12.2 Å². The van der Waals surface area contributed by atoms with Crippen LogP contribution in [0.25, 0.3) is 0 Å². The highest BCUT2D eigenvalue weighted by Crippen LogP contribution is 2.16. The average Bonchev–Trinajstić information content (AvgIpc) is 2.68. The zero-order valence-electron chi connectivity index (χ0n) is 9.92. The summed E-state index contributed by atoms with van der Waals surface area (Å²) in [5.74, 6) is -3.88. The van der Waals surface area contributed by atoms with E-state index in [-0.39, 0.29) is 0 Å². The van der Waals surface area contributed by atoms with Crippen LogP contribution in [0.4, 0.5) is 8.78 Å². The molecule has 7 heteroatoms. The Morgan fingerprint density at radius 3 is 2.83 bits per heavy atom. The largest absolute Gasteiger partial charge is 0.390 e. The van der Waals surface area contributed by atoms with Gasteiger partial charge in [-0.05, 0) is 28.4 Å². The highest BCUT2D eigenvalue weighted by Gasteiger charge is 2.28. The van der Waals surface area contributed by atoms with E-state index in [1.807, 2.05) is 6.92 Å². The van der Waals surface area contributed by atoms with Crippen molar-refractivity contribution in [3.8, 4) is 0 Å². The minimum atomic E-state index is -3.30. The number of rotatable bonds is 6. The van der Waals surface area contributed by atoms with Gasteiger partial charge in [0.2, 0.25) is 0 Å². The highest BCUT2D eigenvalue weighted by atomic mass is 79.9. The number of aryl methyl sites for hydroxylation is 1. The average molecular weight is 325 g/mol. The van der Waals surface area contributed by atoms with E-state index in [9.17, 15) is 13.6 Å². The maximum Gasteiger partial charge on any atom is 0.287 e. The van der Waals surface area contributed by atoms with E-state index >= 15 is 0 Å². The first-order valence-electron chi connectivity index (χ1n) is 5.52. The van der Waals surface area contributed by atoms with Gasteiger partial charge in [-0.1, -0.05) is 6.92 Å². The van der Waals surface area contributed by atoms with Crippen LogP contribution in [0.1, 0.15) is 23.8 Å². The predicted molar refractivity (Wildman–Crippen MR) is 66.8 cm³/mol. The molecule has 0 saturated heterocycles. The summed E-state index contributed by atoms with van der Waals surface area (Å²) >= 11 is 3.24. The predicted octanol–water partition coefficient (Wildman–Crippen LogP) is 2.02. The molecule has 1 heterocycles. The monoisotopic (exact) mass is 324 g/mol. The standard InChI is InChI=1S/C11H15BrF2N2O2/c1-2-3-16-5-8(12)4-9(16)10(18)15-6-11(13,14)7-17/h4-5,17H,2-3,6-7H2,1H3,(H,15,18). The van der Waals surface area contributed by atoms with Gasteiger partial charge in [0.15, 0.2) is 0 Å². The molecule has 0 spiro atoms. The van der Waals surface area contributed by atoms with Crippen LogP contribution in [-0.4, -0.2) is 34.7 Å². The SMILES string of the molecule is CCCn1cc(Br)cc1C(=O)NCC(F)(F)CO. The van der Waals surface area contributed by atoms with E-state index in [4.69, 9.17) is 5.11 Å². The Kier molecular flexibility index (Phi) is 5.28. The minimum absolute atomic E-state index is 0.317. The van der Waals surface area contributed by atoms with E-state index in [0.717, 1.165) is 10.9 Å². The third-order valence-corrected chi connectivity index (χ3v) is 2.73. The second-order valence-electron chi connectivity index (χ2n) is 3.93. The van der Waals surface area contributed by atoms with Gasteiger partial charge in [-0.2, -0.15) is 0 Å². The second-order valence-corrected chi connectivity index (χ2v) is 4.85. The van der Waals surface area contributed by atoms with Gasteiger partial charge in [0.25, 0.3) is 11.8 Å². The zero-order chi connectivity index (χ0) is 13.8. The van der Waals surface area contributed by atoms with Gasteiger partial charge < -0.3 is 15.0 Å². The molecular formula is C11H15BrF2N2O2. The normalized spacial score (nSPS) is 11.6. The molecule has 0 fully saturated rings. The first-order valence-corrected chi connectivity index (χ1v) is 6.31. The fourth-order valence-corrected chi connectivity index (χ4v) is 1.91. The molecule has 18 heavy (non-hydrogen) atoms. The van der Waals surface area contributed by atoms with Crippen LogP contribution in [0.3, 0.4) is 0 Å². The quantitative estimate of drug-likeness (QED) is 0.841. The summed E-state index contributed by atoms with van der Waals surface area (Å²) in [4.78, 5) is 11.7. The van der Waals surface area contributed by atoms with Gasteiger partial charge >= 0.3 is 0 Å². The lowest BCUT2D eigenvalue weighted by atomic mass is 10.3. The minimum Gasteiger partial charge on any atom is -0.390 e. The molecule has 2 N–H and O–H groups in total. The van der Waals surface area contributed by atoms with E-state index in [1.54, 1.807) is 16.8 Å². The summed E-state index contributed by atoms with van der Waals surface area (Å²) < 4.78 is 28.0. The highest BCUT2D eigenvalue weighted by molar-refractivity contribution is 9.10. The maximum atomic E-state index is 12.8. The van der Waals surface area contributed by atoms with Crippen molar-refractivity contribution in [2.45, 2.75) is 25.8 Å². The number of nitrogens with zero attached hydrogens (tertiary/aromatic N) is 1. The van der Waals surface area contributed by atoms with E-state index in [2.05, 4.69) is 21.2 Å². The Morgan fingerprint density at radius 1 is 1.61 bits per heavy atom. The number of carbonyl (C=O) groups excluding carboxylic acids is 1. The smallest absolute Gasteiger partial charge is 0.287 e. The number of alkyl halides is 2. The van der Waals surface area contributed by atoms with Gasteiger partial charge in [-0.25, -0.2) is 8.78 Å². The molecule has 0 saturated carbocycles. The van der Waals surface area contributed by atoms with Gasteiger partial charge in [0, 0.05) is 17.2 Å². The number of hydrogen-bond donors (Lipinski definition) is 2. The van der Waals surface area contributed by atoms with Crippen molar-refractivity contribution in [2.75, 3.05) is 13.2 Å². The van der Waals surface area contributed by atoms with Crippen LogP contribution >= 0.6 is 15.9 Å². The third kappa shape index (κ3) is 4.06. The molecule has 0 atom stereocenters. The molecule has 1 rings (SSSR count). The molecule has 0 aliphatic rings. The Bertz CT molecular complexity index is 421. The van der Waals surface area contributed by atoms with Crippen molar-refractivity contribution >= 4 is 21.8 Å². The first-order chi connectivity index (χ1) is 8.39. The lowest BCUT2D eigenvalue weighted by Gasteiger charge is -2.14. The van der Waals surface area contributed by atoms with Crippen molar-refractivity contribution in [2.24, 2.45) is 0 Å². The molecule has 0 radical (unpaired) electrons. The molecular weight excluding hydrogens is 310 g/mol. The number of carbonyl (C=O) groups is 1. The Labute approximate surface area is 112 Å². The lowest BCUT2D eigenvalue weighted by Crippen LogP contribution is -2.39. The summed E-state index contributed by atoms with van der Waals surface area (Å²) in [6.07, 6.45) is 2.55. The summed E-state index contributed by atoms with van der Waals surface area (Å²) in [6.45, 7) is 0.421. The summed E-state index contributed by atoms with van der Waals surface area (Å²) in [5.41, 5.74) is 0.317. The number of aliphatic hydroxyl groups excluding tert-OH is 1. The van der Waals surface area contributed by atoms with Crippen LogP contribution in [0.2, 0.25) is 0 Å². The van der Waals surface area contributed by atoms with Crippen LogP contribution in [0, 0.1) is 0 Å². The number of amides is 1. The van der Waals surface area contributed by atoms with Crippen LogP contribution in [-0.2, 0) is 6.54 Å². The Morgan fingerprint density at radius 2 is 2.28 bits per heavy atom. The first kappa shape index (κ1) is 15.1. The molecule has 4 nitrogen and oxygen atoms in total. The number of nitrogens with one attached hydrogen (secondary N) is 1. The molecule has 102 valence electrons. The fraction of sp³-hybridized carbons (Fsp3) is 0.545. The van der Waals surface area contributed by atoms with Crippen molar-refractivity contribution in [3.05, 3.63) is 22.4 Å². The molecule has 1 aromatic heterocycles. The molecule has 0 unspecified atom stereocenters. The van der Waals surface area contributed by atoms with Crippen LogP contribution in [0.15, 0.2) is 16.7 Å². The van der Waals surface area contributed by atoms with Crippen LogP contribution in [0.5, 0.6) is 0 Å².